The maximum Gasteiger partial charge on any atom is 0.353 e. The SMILES string of the molecule is Nc1nc(NCC(=O)[O-])nc(NC2CCCCC2)c1[N+](=O)[O-]. The molecule has 0 bridgehead atoms. The van der Waals surface area contributed by atoms with Gasteiger partial charge >= 0.3 is 5.69 Å². The van der Waals surface area contributed by atoms with Gasteiger partial charge in [0, 0.05) is 6.04 Å². The molecule has 120 valence electrons. The smallest absolute Gasteiger partial charge is 0.353 e. The number of hydrogen-bond donors (Lipinski definition) is 3. The van der Waals surface area contributed by atoms with E-state index in [0.29, 0.717) is 0 Å². The minimum Gasteiger partial charge on any atom is -0.548 e. The molecule has 0 amide bonds. The van der Waals surface area contributed by atoms with Gasteiger partial charge in [-0.05, 0) is 12.8 Å². The average Bonchev–Trinajstić information content (AvgIpc) is 2.45. The lowest BCUT2D eigenvalue weighted by molar-refractivity contribution is -0.383. The molecule has 1 aliphatic carbocycles. The quantitative estimate of drug-likeness (QED) is 0.480. The van der Waals surface area contributed by atoms with Gasteiger partial charge in [-0.1, -0.05) is 19.3 Å². The van der Waals surface area contributed by atoms with Crippen molar-refractivity contribution in [2.45, 2.75) is 38.1 Å². The van der Waals surface area contributed by atoms with Crippen molar-refractivity contribution in [2.24, 2.45) is 0 Å². The van der Waals surface area contributed by atoms with Crippen molar-refractivity contribution in [1.29, 1.82) is 0 Å². The molecule has 0 radical (unpaired) electrons. The first-order valence-electron chi connectivity index (χ1n) is 6.99. The van der Waals surface area contributed by atoms with E-state index in [4.69, 9.17) is 5.73 Å². The number of carbonyl (C=O) groups is 1. The van der Waals surface area contributed by atoms with E-state index in [0.717, 1.165) is 32.1 Å². The summed E-state index contributed by atoms with van der Waals surface area (Å²) < 4.78 is 0. The number of carboxylic acid groups (broad SMARTS) is 1. The molecule has 10 nitrogen and oxygen atoms in total. The highest BCUT2D eigenvalue weighted by Gasteiger charge is 2.25. The largest absolute Gasteiger partial charge is 0.548 e. The molecule has 22 heavy (non-hydrogen) atoms. The van der Waals surface area contributed by atoms with Gasteiger partial charge in [0.25, 0.3) is 0 Å². The zero-order valence-electron chi connectivity index (χ0n) is 11.9. The van der Waals surface area contributed by atoms with Gasteiger partial charge in [0.15, 0.2) is 0 Å². The van der Waals surface area contributed by atoms with Gasteiger partial charge in [-0.25, -0.2) is 0 Å². The standard InChI is InChI=1S/C12H18N6O4/c13-10-9(18(21)22)11(15-7-4-2-1-3-5-7)17-12(16-10)14-6-8(19)20/h7H,1-6H2,(H,19,20)(H4,13,14,15,16,17)/p-1. The maximum absolute atomic E-state index is 11.1. The van der Waals surface area contributed by atoms with E-state index < -0.39 is 23.1 Å². The first-order valence-corrected chi connectivity index (χ1v) is 6.99. The molecule has 4 N–H and O–H groups in total. The van der Waals surface area contributed by atoms with Gasteiger partial charge in [0.1, 0.15) is 0 Å². The van der Waals surface area contributed by atoms with Crippen LogP contribution in [-0.2, 0) is 4.79 Å². The van der Waals surface area contributed by atoms with E-state index in [-0.39, 0.29) is 23.6 Å². The minimum atomic E-state index is -1.35. The monoisotopic (exact) mass is 309 g/mol. The van der Waals surface area contributed by atoms with Crippen molar-refractivity contribution < 1.29 is 14.8 Å². The summed E-state index contributed by atoms with van der Waals surface area (Å²) in [6.45, 7) is -0.514. The number of nitro groups is 1. The molecule has 2 rings (SSSR count). The van der Waals surface area contributed by atoms with Gasteiger partial charge in [0.2, 0.25) is 17.6 Å². The molecule has 0 atom stereocenters. The molecule has 1 aromatic heterocycles. The second-order valence-electron chi connectivity index (χ2n) is 5.09. The first kappa shape index (κ1) is 15.7. The van der Waals surface area contributed by atoms with Crippen molar-refractivity contribution in [3.8, 4) is 0 Å². The number of nitrogens with zero attached hydrogens (tertiary/aromatic N) is 3. The summed E-state index contributed by atoms with van der Waals surface area (Å²) in [6.07, 6.45) is 5.01. The maximum atomic E-state index is 11.1. The molecule has 10 heteroatoms. The van der Waals surface area contributed by atoms with Crippen molar-refractivity contribution >= 4 is 29.2 Å². The number of aliphatic carboxylic acids is 1. The number of nitrogens with one attached hydrogen (secondary N) is 2. The van der Waals surface area contributed by atoms with Crippen LogP contribution in [0.1, 0.15) is 32.1 Å². The highest BCUT2D eigenvalue weighted by atomic mass is 16.6. The third-order valence-corrected chi connectivity index (χ3v) is 3.43. The van der Waals surface area contributed by atoms with Crippen LogP contribution in [-0.4, -0.2) is 33.4 Å². The predicted molar refractivity (Wildman–Crippen MR) is 77.1 cm³/mol. The third-order valence-electron chi connectivity index (χ3n) is 3.43. The highest BCUT2D eigenvalue weighted by Crippen LogP contribution is 2.31. The molecule has 1 aliphatic rings. The Labute approximate surface area is 126 Å². The molecule has 0 unspecified atom stereocenters. The summed E-state index contributed by atoms with van der Waals surface area (Å²) in [5.41, 5.74) is 5.20. The van der Waals surface area contributed by atoms with Crippen LogP contribution in [0.5, 0.6) is 0 Å². The fraction of sp³-hybridized carbons (Fsp3) is 0.583. The van der Waals surface area contributed by atoms with Gasteiger partial charge in [0.05, 0.1) is 17.4 Å². The van der Waals surface area contributed by atoms with Crippen LogP contribution in [0.25, 0.3) is 0 Å². The lowest BCUT2D eigenvalue weighted by Gasteiger charge is -2.23. The lowest BCUT2D eigenvalue weighted by Crippen LogP contribution is -2.31. The van der Waals surface area contributed by atoms with Crippen LogP contribution in [0.2, 0.25) is 0 Å². The van der Waals surface area contributed by atoms with Crippen molar-refractivity contribution in [1.82, 2.24) is 9.97 Å². The predicted octanol–water partition coefficient (Wildman–Crippen LogP) is -0.127. The average molecular weight is 309 g/mol. The molecule has 1 aromatic rings. The second-order valence-corrected chi connectivity index (χ2v) is 5.09. The van der Waals surface area contributed by atoms with Crippen LogP contribution >= 0.6 is 0 Å². The van der Waals surface area contributed by atoms with Crippen LogP contribution in [0.3, 0.4) is 0 Å². The molecular weight excluding hydrogens is 292 g/mol. The molecule has 0 aliphatic heterocycles. The Bertz CT molecular complexity index is 573. The van der Waals surface area contributed by atoms with Gasteiger partial charge in [-0.15, -0.1) is 0 Å². The molecule has 0 saturated heterocycles. The summed E-state index contributed by atoms with van der Waals surface area (Å²) in [5, 5.41) is 27.0. The Morgan fingerprint density at radius 1 is 1.32 bits per heavy atom. The van der Waals surface area contributed by atoms with Crippen molar-refractivity contribution in [3.05, 3.63) is 10.1 Å². The molecule has 0 spiro atoms. The summed E-state index contributed by atoms with van der Waals surface area (Å²) in [7, 11) is 0. The highest BCUT2D eigenvalue weighted by molar-refractivity contribution is 5.72. The zero-order valence-corrected chi connectivity index (χ0v) is 11.9. The number of carboxylic acids is 1. The van der Waals surface area contributed by atoms with Gasteiger partial charge in [-0.2, -0.15) is 9.97 Å². The van der Waals surface area contributed by atoms with Crippen molar-refractivity contribution in [3.63, 3.8) is 0 Å². The van der Waals surface area contributed by atoms with E-state index in [9.17, 15) is 20.0 Å². The number of hydrogen-bond acceptors (Lipinski definition) is 9. The van der Waals surface area contributed by atoms with E-state index in [1.54, 1.807) is 0 Å². The lowest BCUT2D eigenvalue weighted by atomic mass is 9.95. The Morgan fingerprint density at radius 3 is 2.59 bits per heavy atom. The number of nitrogen functional groups attached to an aromatic ring is 1. The van der Waals surface area contributed by atoms with E-state index in [1.165, 1.54) is 0 Å². The number of anilines is 3. The Hall–Kier alpha value is -2.65. The Kier molecular flexibility index (Phi) is 4.92. The summed E-state index contributed by atoms with van der Waals surface area (Å²) >= 11 is 0. The van der Waals surface area contributed by atoms with Crippen LogP contribution < -0.4 is 21.5 Å². The molecular formula is C12H17N6O4-. The van der Waals surface area contributed by atoms with Crippen LogP contribution in [0.4, 0.5) is 23.3 Å². The number of carbonyl (C=O) groups excluding carboxylic acids is 1. The van der Waals surface area contributed by atoms with Crippen LogP contribution in [0.15, 0.2) is 0 Å². The molecule has 1 saturated carbocycles. The van der Waals surface area contributed by atoms with Gasteiger partial charge in [-0.3, -0.25) is 10.1 Å². The van der Waals surface area contributed by atoms with E-state index >= 15 is 0 Å². The summed E-state index contributed by atoms with van der Waals surface area (Å²) in [6, 6.07) is 0.0794. The molecule has 1 fully saturated rings. The minimum absolute atomic E-state index is 0.00486. The zero-order chi connectivity index (χ0) is 16.1. The molecule has 0 aromatic carbocycles. The third kappa shape index (κ3) is 3.93. The second kappa shape index (κ2) is 6.87. The number of nitrogens with two attached hydrogens (primary N) is 1. The number of aromatic nitrogens is 2. The Balaban J connectivity index is 2.25. The summed E-state index contributed by atoms with van der Waals surface area (Å²) in [5.74, 6) is -1.75. The van der Waals surface area contributed by atoms with Crippen molar-refractivity contribution in [2.75, 3.05) is 22.9 Å². The van der Waals surface area contributed by atoms with E-state index in [1.807, 2.05) is 0 Å². The number of rotatable bonds is 6. The van der Waals surface area contributed by atoms with E-state index in [2.05, 4.69) is 20.6 Å². The first-order chi connectivity index (χ1) is 10.5. The fourth-order valence-electron chi connectivity index (χ4n) is 2.42. The van der Waals surface area contributed by atoms with Gasteiger partial charge < -0.3 is 26.3 Å². The fourth-order valence-corrected chi connectivity index (χ4v) is 2.42. The normalized spacial score (nSPS) is 15.3. The van der Waals surface area contributed by atoms with Crippen LogP contribution in [0, 0.1) is 10.1 Å². The topological polar surface area (TPSA) is 159 Å². The molecule has 1 heterocycles. The Morgan fingerprint density at radius 2 is 2.00 bits per heavy atom. The summed E-state index contributed by atoms with van der Waals surface area (Å²) in [4.78, 5) is 28.6.